The van der Waals surface area contributed by atoms with E-state index in [1.807, 2.05) is 24.3 Å². The van der Waals surface area contributed by atoms with Gasteiger partial charge in [-0.2, -0.15) is 0 Å². The van der Waals surface area contributed by atoms with Crippen LogP contribution in [0.5, 0.6) is 0 Å². The highest BCUT2D eigenvalue weighted by molar-refractivity contribution is 9.10. The lowest BCUT2D eigenvalue weighted by atomic mass is 10.1. The molecule has 1 fully saturated rings. The van der Waals surface area contributed by atoms with Gasteiger partial charge >= 0.3 is 0 Å². The van der Waals surface area contributed by atoms with Gasteiger partial charge in [0, 0.05) is 35.6 Å². The van der Waals surface area contributed by atoms with Crippen molar-refractivity contribution in [2.75, 3.05) is 13.1 Å². The Kier molecular flexibility index (Phi) is 4.57. The fourth-order valence-corrected chi connectivity index (χ4v) is 2.99. The van der Waals surface area contributed by atoms with Crippen molar-refractivity contribution >= 4 is 21.7 Å². The van der Waals surface area contributed by atoms with E-state index >= 15 is 0 Å². The van der Waals surface area contributed by atoms with Crippen LogP contribution in [0.25, 0.3) is 0 Å². The number of likely N-dealkylation sites (tertiary alicyclic amines) is 1. The first-order chi connectivity index (χ1) is 8.56. The summed E-state index contributed by atoms with van der Waals surface area (Å²) in [5, 5.41) is 0. The van der Waals surface area contributed by atoms with E-state index in [0.717, 1.165) is 29.0 Å². The number of ketones is 1. The van der Waals surface area contributed by atoms with Crippen LogP contribution < -0.4 is 0 Å². The Morgan fingerprint density at radius 1 is 1.33 bits per heavy atom. The first-order valence-electron chi connectivity index (χ1n) is 6.59. The van der Waals surface area contributed by atoms with Crippen LogP contribution in [0.15, 0.2) is 28.7 Å². The zero-order valence-corrected chi connectivity index (χ0v) is 12.6. The van der Waals surface area contributed by atoms with Gasteiger partial charge in [-0.05, 0) is 31.4 Å². The SMILES string of the molecule is CC1CC(C)N(CCC(=O)c2ccc(Br)cc2)C1. The number of hydrogen-bond donors (Lipinski definition) is 0. The molecule has 0 N–H and O–H groups in total. The van der Waals surface area contributed by atoms with E-state index in [0.29, 0.717) is 12.5 Å². The van der Waals surface area contributed by atoms with Gasteiger partial charge in [-0.1, -0.05) is 35.0 Å². The monoisotopic (exact) mass is 309 g/mol. The summed E-state index contributed by atoms with van der Waals surface area (Å²) in [5.41, 5.74) is 0.818. The summed E-state index contributed by atoms with van der Waals surface area (Å²) in [7, 11) is 0. The summed E-state index contributed by atoms with van der Waals surface area (Å²) < 4.78 is 1.01. The maximum Gasteiger partial charge on any atom is 0.164 e. The predicted octanol–water partition coefficient (Wildman–Crippen LogP) is 3.75. The van der Waals surface area contributed by atoms with Gasteiger partial charge < -0.3 is 0 Å². The third-order valence-electron chi connectivity index (χ3n) is 3.71. The van der Waals surface area contributed by atoms with Crippen molar-refractivity contribution in [2.24, 2.45) is 5.92 Å². The average molecular weight is 310 g/mol. The van der Waals surface area contributed by atoms with Crippen LogP contribution in [-0.2, 0) is 0 Å². The average Bonchev–Trinajstić information content (AvgIpc) is 2.66. The van der Waals surface area contributed by atoms with Gasteiger partial charge in [-0.3, -0.25) is 9.69 Å². The summed E-state index contributed by atoms with van der Waals surface area (Å²) in [6, 6.07) is 8.25. The van der Waals surface area contributed by atoms with E-state index in [4.69, 9.17) is 0 Å². The molecule has 0 aromatic heterocycles. The minimum Gasteiger partial charge on any atom is -0.300 e. The van der Waals surface area contributed by atoms with Gasteiger partial charge in [-0.25, -0.2) is 0 Å². The number of carbonyl (C=O) groups is 1. The number of halogens is 1. The number of nitrogens with zero attached hydrogens (tertiary/aromatic N) is 1. The highest BCUT2D eigenvalue weighted by atomic mass is 79.9. The molecule has 0 bridgehead atoms. The molecule has 1 aromatic rings. The summed E-state index contributed by atoms with van der Waals surface area (Å²) in [6.45, 7) is 6.57. The predicted molar refractivity (Wildman–Crippen MR) is 77.9 cm³/mol. The molecule has 1 aliphatic rings. The summed E-state index contributed by atoms with van der Waals surface area (Å²) in [4.78, 5) is 14.5. The lowest BCUT2D eigenvalue weighted by Gasteiger charge is -2.20. The van der Waals surface area contributed by atoms with Gasteiger partial charge in [0.2, 0.25) is 0 Å². The first kappa shape index (κ1) is 13.8. The third-order valence-corrected chi connectivity index (χ3v) is 4.23. The molecule has 2 atom stereocenters. The second-order valence-electron chi connectivity index (χ2n) is 5.36. The van der Waals surface area contributed by atoms with E-state index in [9.17, 15) is 4.79 Å². The van der Waals surface area contributed by atoms with Crippen LogP contribution in [0.3, 0.4) is 0 Å². The zero-order chi connectivity index (χ0) is 13.1. The van der Waals surface area contributed by atoms with Crippen LogP contribution in [-0.4, -0.2) is 29.8 Å². The Morgan fingerprint density at radius 3 is 2.56 bits per heavy atom. The maximum atomic E-state index is 12.1. The van der Waals surface area contributed by atoms with Gasteiger partial charge in [0.25, 0.3) is 0 Å². The molecule has 1 aliphatic heterocycles. The van der Waals surface area contributed by atoms with Gasteiger partial charge in [0.1, 0.15) is 0 Å². The molecule has 2 rings (SSSR count). The summed E-state index contributed by atoms with van der Waals surface area (Å²) in [6.07, 6.45) is 1.88. The van der Waals surface area contributed by atoms with Crippen LogP contribution in [0.4, 0.5) is 0 Å². The molecular formula is C15H20BrNO. The van der Waals surface area contributed by atoms with Crippen molar-refractivity contribution in [3.05, 3.63) is 34.3 Å². The van der Waals surface area contributed by atoms with Crippen molar-refractivity contribution in [1.82, 2.24) is 4.90 Å². The second-order valence-corrected chi connectivity index (χ2v) is 6.28. The van der Waals surface area contributed by atoms with Gasteiger partial charge in [-0.15, -0.1) is 0 Å². The summed E-state index contributed by atoms with van der Waals surface area (Å²) >= 11 is 3.38. The van der Waals surface area contributed by atoms with Crippen molar-refractivity contribution in [3.8, 4) is 0 Å². The van der Waals surface area contributed by atoms with Gasteiger partial charge in [0.05, 0.1) is 0 Å². The lowest BCUT2D eigenvalue weighted by molar-refractivity contribution is 0.0962. The second kappa shape index (κ2) is 5.98. The first-order valence-corrected chi connectivity index (χ1v) is 7.38. The minimum atomic E-state index is 0.245. The van der Waals surface area contributed by atoms with Crippen LogP contribution in [0.2, 0.25) is 0 Å². The normalized spacial score (nSPS) is 24.4. The fraction of sp³-hybridized carbons (Fsp3) is 0.533. The van der Waals surface area contributed by atoms with Crippen molar-refractivity contribution in [1.29, 1.82) is 0 Å². The molecule has 2 nitrogen and oxygen atoms in total. The van der Waals surface area contributed by atoms with Gasteiger partial charge in [0.15, 0.2) is 5.78 Å². The van der Waals surface area contributed by atoms with Crippen molar-refractivity contribution in [3.63, 3.8) is 0 Å². The molecule has 0 amide bonds. The number of benzene rings is 1. The molecule has 18 heavy (non-hydrogen) atoms. The van der Waals surface area contributed by atoms with E-state index in [2.05, 4.69) is 34.7 Å². The Morgan fingerprint density at radius 2 is 2.00 bits per heavy atom. The topological polar surface area (TPSA) is 20.3 Å². The van der Waals surface area contributed by atoms with E-state index in [-0.39, 0.29) is 5.78 Å². The summed E-state index contributed by atoms with van der Waals surface area (Å²) in [5.74, 6) is 1.01. The number of rotatable bonds is 4. The fourth-order valence-electron chi connectivity index (χ4n) is 2.72. The Labute approximate surface area is 117 Å². The molecule has 0 radical (unpaired) electrons. The Bertz CT molecular complexity index is 415. The zero-order valence-electron chi connectivity index (χ0n) is 11.0. The van der Waals surface area contributed by atoms with E-state index in [1.165, 1.54) is 6.42 Å². The smallest absolute Gasteiger partial charge is 0.164 e. The number of hydrogen-bond acceptors (Lipinski definition) is 2. The molecule has 1 heterocycles. The quantitative estimate of drug-likeness (QED) is 0.789. The molecule has 2 unspecified atom stereocenters. The molecule has 0 saturated carbocycles. The highest BCUT2D eigenvalue weighted by Crippen LogP contribution is 2.22. The Hall–Kier alpha value is -0.670. The molecular weight excluding hydrogens is 290 g/mol. The largest absolute Gasteiger partial charge is 0.300 e. The molecule has 98 valence electrons. The Balaban J connectivity index is 1.87. The molecule has 1 aromatic carbocycles. The van der Waals surface area contributed by atoms with Crippen LogP contribution >= 0.6 is 15.9 Å². The number of carbonyl (C=O) groups excluding carboxylic acids is 1. The number of Topliss-reactive ketones (excluding diaryl/α,β-unsaturated/α-hetero) is 1. The maximum absolute atomic E-state index is 12.1. The van der Waals surface area contributed by atoms with Crippen molar-refractivity contribution in [2.45, 2.75) is 32.7 Å². The third kappa shape index (κ3) is 3.42. The van der Waals surface area contributed by atoms with Crippen LogP contribution in [0, 0.1) is 5.92 Å². The van der Waals surface area contributed by atoms with Crippen molar-refractivity contribution < 1.29 is 4.79 Å². The standard InChI is InChI=1S/C15H20BrNO/c1-11-9-12(2)17(10-11)8-7-15(18)13-3-5-14(16)6-4-13/h3-6,11-12H,7-10H2,1-2H3. The van der Waals surface area contributed by atoms with E-state index in [1.54, 1.807) is 0 Å². The van der Waals surface area contributed by atoms with Crippen LogP contribution in [0.1, 0.15) is 37.0 Å². The molecule has 0 aliphatic carbocycles. The van der Waals surface area contributed by atoms with E-state index < -0.39 is 0 Å². The highest BCUT2D eigenvalue weighted by Gasteiger charge is 2.25. The lowest BCUT2D eigenvalue weighted by Crippen LogP contribution is -2.29. The minimum absolute atomic E-state index is 0.245. The molecule has 1 saturated heterocycles. The molecule has 3 heteroatoms. The molecule has 0 spiro atoms.